The molecule has 2 aromatic rings. The summed E-state index contributed by atoms with van der Waals surface area (Å²) >= 11 is 3.37. The molecular formula is C19H15BrO4. The van der Waals surface area contributed by atoms with E-state index in [9.17, 15) is 9.59 Å². The largest absolute Gasteiger partial charge is 0.452 e. The second kappa shape index (κ2) is 6.61. The minimum atomic E-state index is -0.329. The highest BCUT2D eigenvalue weighted by Gasteiger charge is 2.28. The zero-order chi connectivity index (χ0) is 17.3. The van der Waals surface area contributed by atoms with Gasteiger partial charge >= 0.3 is 5.97 Å². The van der Waals surface area contributed by atoms with Crippen LogP contribution in [0.15, 0.2) is 52.7 Å². The minimum absolute atomic E-state index is 0.186. The lowest BCUT2D eigenvalue weighted by Gasteiger charge is -2.07. The van der Waals surface area contributed by atoms with Crippen molar-refractivity contribution < 1.29 is 19.1 Å². The minimum Gasteiger partial charge on any atom is -0.452 e. The summed E-state index contributed by atoms with van der Waals surface area (Å²) < 4.78 is 11.9. The summed E-state index contributed by atoms with van der Waals surface area (Å²) in [5.41, 5.74) is 1.32. The van der Waals surface area contributed by atoms with Gasteiger partial charge in [-0.25, -0.2) is 0 Å². The molecule has 0 radical (unpaired) electrons. The number of Topliss-reactive ketones (excluding diaryl/α,β-unsaturated/α-hetero) is 1. The normalized spacial score (nSPS) is 14.7. The van der Waals surface area contributed by atoms with Gasteiger partial charge < -0.3 is 9.47 Å². The molecule has 0 fully saturated rings. The predicted octanol–water partition coefficient (Wildman–Crippen LogP) is 4.63. The van der Waals surface area contributed by atoms with Gasteiger partial charge in [0.2, 0.25) is 5.78 Å². The molecule has 1 aliphatic heterocycles. The third-order valence-corrected chi connectivity index (χ3v) is 4.03. The van der Waals surface area contributed by atoms with Gasteiger partial charge in [0, 0.05) is 10.5 Å². The fourth-order valence-corrected chi connectivity index (χ4v) is 2.44. The number of hydrogen-bond donors (Lipinski definition) is 0. The van der Waals surface area contributed by atoms with Crippen molar-refractivity contribution in [2.45, 2.75) is 13.8 Å². The summed E-state index contributed by atoms with van der Waals surface area (Å²) in [5.74, 6) is 0.274. The molecule has 0 bridgehead atoms. The van der Waals surface area contributed by atoms with Crippen LogP contribution in [0.4, 0.5) is 0 Å². The van der Waals surface area contributed by atoms with Crippen LogP contribution in [0.25, 0.3) is 6.08 Å². The van der Waals surface area contributed by atoms with E-state index in [1.54, 1.807) is 38.1 Å². The van der Waals surface area contributed by atoms with Crippen LogP contribution in [-0.4, -0.2) is 11.8 Å². The Morgan fingerprint density at radius 1 is 1.17 bits per heavy atom. The van der Waals surface area contributed by atoms with Crippen LogP contribution in [0.3, 0.4) is 0 Å². The van der Waals surface area contributed by atoms with Crippen LogP contribution >= 0.6 is 15.9 Å². The van der Waals surface area contributed by atoms with Gasteiger partial charge in [-0.05, 0) is 35.9 Å². The first-order chi connectivity index (χ1) is 11.4. The van der Waals surface area contributed by atoms with Crippen molar-refractivity contribution in [1.29, 1.82) is 0 Å². The number of halogens is 1. The number of benzene rings is 2. The molecule has 0 amide bonds. The first kappa shape index (κ1) is 16.5. The topological polar surface area (TPSA) is 52.6 Å². The average molecular weight is 387 g/mol. The smallest absolute Gasteiger partial charge is 0.313 e. The zero-order valence-electron chi connectivity index (χ0n) is 13.2. The highest BCUT2D eigenvalue weighted by Crippen LogP contribution is 2.35. The first-order valence-corrected chi connectivity index (χ1v) is 8.29. The van der Waals surface area contributed by atoms with E-state index >= 15 is 0 Å². The van der Waals surface area contributed by atoms with E-state index in [4.69, 9.17) is 9.47 Å². The molecule has 2 aromatic carbocycles. The maximum absolute atomic E-state index is 12.4. The summed E-state index contributed by atoms with van der Waals surface area (Å²) in [7, 11) is 0. The predicted molar refractivity (Wildman–Crippen MR) is 94.0 cm³/mol. The van der Waals surface area contributed by atoms with E-state index in [0.717, 1.165) is 10.0 Å². The Morgan fingerprint density at radius 2 is 1.88 bits per heavy atom. The number of fused-ring (bicyclic) bond motifs is 1. The molecule has 4 nitrogen and oxygen atoms in total. The molecule has 0 aromatic heterocycles. The van der Waals surface area contributed by atoms with Crippen LogP contribution in [0.2, 0.25) is 0 Å². The average Bonchev–Trinajstić information content (AvgIpc) is 2.85. The Morgan fingerprint density at radius 3 is 2.54 bits per heavy atom. The molecule has 5 heteroatoms. The quantitative estimate of drug-likeness (QED) is 0.438. The van der Waals surface area contributed by atoms with Crippen molar-refractivity contribution in [1.82, 2.24) is 0 Å². The van der Waals surface area contributed by atoms with Crippen LogP contribution in [0.1, 0.15) is 29.8 Å². The van der Waals surface area contributed by atoms with Gasteiger partial charge in [-0.15, -0.1) is 0 Å². The third kappa shape index (κ3) is 3.41. The van der Waals surface area contributed by atoms with Crippen molar-refractivity contribution >= 4 is 33.8 Å². The van der Waals surface area contributed by atoms with Crippen LogP contribution in [0, 0.1) is 5.92 Å². The number of rotatable bonds is 3. The third-order valence-electron chi connectivity index (χ3n) is 3.50. The standard InChI is InChI=1S/C19H15BrO4/c1-11(2)19(22)23-14-7-8-15-16(10-14)24-17(18(15)21)9-12-3-5-13(20)6-4-12/h3-11H,1-2H3/b17-9+. The fourth-order valence-electron chi connectivity index (χ4n) is 2.18. The van der Waals surface area contributed by atoms with Crippen LogP contribution in [-0.2, 0) is 4.79 Å². The van der Waals surface area contributed by atoms with Crippen molar-refractivity contribution in [3.05, 3.63) is 63.8 Å². The molecule has 1 aliphatic rings. The summed E-state index contributed by atoms with van der Waals surface area (Å²) in [6.07, 6.45) is 1.69. The SMILES string of the molecule is CC(C)C(=O)Oc1ccc2c(c1)O/C(=C/c1ccc(Br)cc1)C2=O. The Labute approximate surface area is 148 Å². The van der Waals surface area contributed by atoms with Crippen LogP contribution in [0.5, 0.6) is 11.5 Å². The Balaban J connectivity index is 1.84. The fraction of sp³-hybridized carbons (Fsp3) is 0.158. The molecule has 0 saturated heterocycles. The number of ether oxygens (including phenoxy) is 2. The molecule has 122 valence electrons. The highest BCUT2D eigenvalue weighted by molar-refractivity contribution is 9.10. The summed E-state index contributed by atoms with van der Waals surface area (Å²) in [5, 5.41) is 0. The molecule has 24 heavy (non-hydrogen) atoms. The van der Waals surface area contributed by atoms with E-state index in [-0.39, 0.29) is 23.4 Å². The number of carbonyl (C=O) groups excluding carboxylic acids is 2. The molecule has 0 unspecified atom stereocenters. The van der Waals surface area contributed by atoms with Gasteiger partial charge in [0.1, 0.15) is 11.5 Å². The van der Waals surface area contributed by atoms with E-state index in [2.05, 4.69) is 15.9 Å². The Hall–Kier alpha value is -2.40. The van der Waals surface area contributed by atoms with E-state index in [1.807, 2.05) is 24.3 Å². The first-order valence-electron chi connectivity index (χ1n) is 7.49. The van der Waals surface area contributed by atoms with E-state index in [0.29, 0.717) is 17.1 Å². The molecule has 0 spiro atoms. The molecule has 3 rings (SSSR count). The highest BCUT2D eigenvalue weighted by atomic mass is 79.9. The van der Waals surface area contributed by atoms with Gasteiger partial charge in [-0.3, -0.25) is 9.59 Å². The lowest BCUT2D eigenvalue weighted by Crippen LogP contribution is -2.14. The second-order valence-electron chi connectivity index (χ2n) is 5.73. The number of carbonyl (C=O) groups is 2. The summed E-state index contributed by atoms with van der Waals surface area (Å²) in [4.78, 5) is 24.1. The van der Waals surface area contributed by atoms with Crippen molar-refractivity contribution in [2.24, 2.45) is 5.92 Å². The van der Waals surface area contributed by atoms with Crippen LogP contribution < -0.4 is 9.47 Å². The molecule has 0 N–H and O–H groups in total. The number of esters is 1. The summed E-state index contributed by atoms with van der Waals surface area (Å²) in [6, 6.07) is 12.3. The Kier molecular flexibility index (Phi) is 4.53. The second-order valence-corrected chi connectivity index (χ2v) is 6.64. The van der Waals surface area contributed by atoms with E-state index in [1.165, 1.54) is 0 Å². The molecule has 0 saturated carbocycles. The van der Waals surface area contributed by atoms with Crippen molar-refractivity contribution in [2.75, 3.05) is 0 Å². The number of ketones is 1. The monoisotopic (exact) mass is 386 g/mol. The van der Waals surface area contributed by atoms with Crippen molar-refractivity contribution in [3.8, 4) is 11.5 Å². The number of allylic oxidation sites excluding steroid dienone is 1. The maximum atomic E-state index is 12.4. The lowest BCUT2D eigenvalue weighted by molar-refractivity contribution is -0.137. The molecule has 1 heterocycles. The molecular weight excluding hydrogens is 372 g/mol. The van der Waals surface area contributed by atoms with Gasteiger partial charge in [-0.2, -0.15) is 0 Å². The van der Waals surface area contributed by atoms with Gasteiger partial charge in [0.15, 0.2) is 5.76 Å². The molecule has 0 atom stereocenters. The van der Waals surface area contributed by atoms with Gasteiger partial charge in [0.05, 0.1) is 11.5 Å². The molecule has 0 aliphatic carbocycles. The summed E-state index contributed by atoms with van der Waals surface area (Å²) in [6.45, 7) is 3.52. The van der Waals surface area contributed by atoms with Gasteiger partial charge in [-0.1, -0.05) is 41.9 Å². The number of hydrogen-bond acceptors (Lipinski definition) is 4. The van der Waals surface area contributed by atoms with E-state index < -0.39 is 0 Å². The maximum Gasteiger partial charge on any atom is 0.313 e. The van der Waals surface area contributed by atoms with Crippen molar-refractivity contribution in [3.63, 3.8) is 0 Å². The van der Waals surface area contributed by atoms with Gasteiger partial charge in [0.25, 0.3) is 0 Å². The zero-order valence-corrected chi connectivity index (χ0v) is 14.8. The lowest BCUT2D eigenvalue weighted by atomic mass is 10.1. The Bertz CT molecular complexity index is 835.